The van der Waals surface area contributed by atoms with E-state index in [0.717, 1.165) is 24.8 Å². The van der Waals surface area contributed by atoms with E-state index < -0.39 is 0 Å². The lowest BCUT2D eigenvalue weighted by Crippen LogP contribution is -1.95. The van der Waals surface area contributed by atoms with Crippen molar-refractivity contribution in [3.63, 3.8) is 0 Å². The number of methoxy groups -OCH3 is 1. The number of carbonyl (C=O) groups is 1. The van der Waals surface area contributed by atoms with Gasteiger partial charge in [-0.1, -0.05) is 37.6 Å². The average molecular weight is 250 g/mol. The van der Waals surface area contributed by atoms with Crippen LogP contribution in [0.3, 0.4) is 0 Å². The van der Waals surface area contributed by atoms with E-state index in [1.807, 2.05) is 13.0 Å². The van der Waals surface area contributed by atoms with E-state index >= 15 is 0 Å². The maximum Gasteiger partial charge on any atom is 0.330 e. The standard InChI is InChI=1S/C16H26O2/c1-6-13(2)10-11-14(3)8-7-9-15(4)12-16(17)18-5/h7,9-10,12,14H,6,8,11H2,1-5H3/b9-7+,13-10+,15-12+. The number of allylic oxidation sites excluding steroid dienone is 5. The first-order valence-electron chi connectivity index (χ1n) is 6.58. The molecule has 0 fully saturated rings. The third-order valence-corrected chi connectivity index (χ3v) is 2.89. The lowest BCUT2D eigenvalue weighted by Gasteiger charge is -2.05. The summed E-state index contributed by atoms with van der Waals surface area (Å²) in [5.41, 5.74) is 2.38. The van der Waals surface area contributed by atoms with Crippen LogP contribution in [0, 0.1) is 5.92 Å². The Balaban J connectivity index is 4.09. The van der Waals surface area contributed by atoms with Crippen LogP contribution in [0.5, 0.6) is 0 Å². The van der Waals surface area contributed by atoms with Crippen LogP contribution < -0.4 is 0 Å². The maximum atomic E-state index is 11.0. The van der Waals surface area contributed by atoms with Crippen molar-refractivity contribution in [2.75, 3.05) is 7.11 Å². The molecule has 0 heterocycles. The Bertz CT molecular complexity index is 335. The van der Waals surface area contributed by atoms with Crippen LogP contribution in [0.1, 0.15) is 47.0 Å². The summed E-state index contributed by atoms with van der Waals surface area (Å²) in [6.45, 7) is 8.49. The first-order chi connectivity index (χ1) is 8.49. The van der Waals surface area contributed by atoms with Crippen LogP contribution >= 0.6 is 0 Å². The Labute approximate surface area is 111 Å². The van der Waals surface area contributed by atoms with Crippen LogP contribution in [-0.2, 0) is 9.53 Å². The number of hydrogen-bond donors (Lipinski definition) is 0. The monoisotopic (exact) mass is 250 g/mol. The molecule has 0 radical (unpaired) electrons. The van der Waals surface area contributed by atoms with E-state index in [-0.39, 0.29) is 5.97 Å². The van der Waals surface area contributed by atoms with E-state index in [1.165, 1.54) is 18.8 Å². The molecule has 2 nitrogen and oxygen atoms in total. The Kier molecular flexibility index (Phi) is 8.99. The highest BCUT2D eigenvalue weighted by Crippen LogP contribution is 2.12. The van der Waals surface area contributed by atoms with Gasteiger partial charge in [0.05, 0.1) is 7.11 Å². The highest BCUT2D eigenvalue weighted by molar-refractivity contribution is 5.83. The van der Waals surface area contributed by atoms with Gasteiger partial charge in [-0.25, -0.2) is 4.79 Å². The van der Waals surface area contributed by atoms with Gasteiger partial charge in [0.1, 0.15) is 0 Å². The molecule has 0 spiro atoms. The molecule has 18 heavy (non-hydrogen) atoms. The molecule has 0 aliphatic carbocycles. The zero-order valence-corrected chi connectivity index (χ0v) is 12.3. The molecule has 0 aromatic heterocycles. The van der Waals surface area contributed by atoms with Gasteiger partial charge in [-0.05, 0) is 44.6 Å². The fourth-order valence-corrected chi connectivity index (χ4v) is 1.42. The molecule has 0 rings (SSSR count). The van der Waals surface area contributed by atoms with Gasteiger partial charge in [-0.3, -0.25) is 0 Å². The van der Waals surface area contributed by atoms with Gasteiger partial charge >= 0.3 is 5.97 Å². The molecule has 2 heteroatoms. The second-order valence-corrected chi connectivity index (χ2v) is 4.79. The molecule has 0 saturated carbocycles. The van der Waals surface area contributed by atoms with Gasteiger partial charge in [0.2, 0.25) is 0 Å². The van der Waals surface area contributed by atoms with Crippen molar-refractivity contribution in [1.82, 2.24) is 0 Å². The van der Waals surface area contributed by atoms with Crippen molar-refractivity contribution < 1.29 is 9.53 Å². The molecular weight excluding hydrogens is 224 g/mol. The summed E-state index contributed by atoms with van der Waals surface area (Å²) in [5, 5.41) is 0. The number of hydrogen-bond acceptors (Lipinski definition) is 2. The highest BCUT2D eigenvalue weighted by atomic mass is 16.5. The molecule has 1 atom stereocenters. The fraction of sp³-hybridized carbons (Fsp3) is 0.562. The topological polar surface area (TPSA) is 26.3 Å². The van der Waals surface area contributed by atoms with E-state index in [1.54, 1.807) is 0 Å². The van der Waals surface area contributed by atoms with Crippen molar-refractivity contribution >= 4 is 5.97 Å². The maximum absolute atomic E-state index is 11.0. The molecule has 102 valence electrons. The van der Waals surface area contributed by atoms with Gasteiger partial charge in [0.15, 0.2) is 0 Å². The van der Waals surface area contributed by atoms with Crippen LogP contribution in [0.25, 0.3) is 0 Å². The predicted molar refractivity (Wildman–Crippen MR) is 77.4 cm³/mol. The SMILES string of the molecule is CC/C(C)=C/CC(C)C/C=C/C(C)=C/C(=O)OC. The number of ether oxygens (including phenoxy) is 1. The minimum Gasteiger partial charge on any atom is -0.466 e. The van der Waals surface area contributed by atoms with E-state index in [2.05, 4.69) is 37.7 Å². The van der Waals surface area contributed by atoms with Crippen molar-refractivity contribution in [1.29, 1.82) is 0 Å². The second-order valence-electron chi connectivity index (χ2n) is 4.79. The lowest BCUT2D eigenvalue weighted by atomic mass is 10.0. The van der Waals surface area contributed by atoms with Crippen molar-refractivity contribution in [2.45, 2.75) is 47.0 Å². The third-order valence-electron chi connectivity index (χ3n) is 2.89. The zero-order chi connectivity index (χ0) is 14.0. The number of rotatable bonds is 7. The fourth-order valence-electron chi connectivity index (χ4n) is 1.42. The van der Waals surface area contributed by atoms with Crippen molar-refractivity contribution in [3.8, 4) is 0 Å². The van der Waals surface area contributed by atoms with E-state index in [9.17, 15) is 4.79 Å². The summed E-state index contributed by atoms with van der Waals surface area (Å²) >= 11 is 0. The Morgan fingerprint density at radius 2 is 1.94 bits per heavy atom. The molecule has 0 amide bonds. The van der Waals surface area contributed by atoms with Crippen molar-refractivity contribution in [3.05, 3.63) is 35.5 Å². The Morgan fingerprint density at radius 1 is 1.28 bits per heavy atom. The lowest BCUT2D eigenvalue weighted by molar-refractivity contribution is -0.134. The Hall–Kier alpha value is -1.31. The van der Waals surface area contributed by atoms with Gasteiger partial charge in [0.25, 0.3) is 0 Å². The van der Waals surface area contributed by atoms with Gasteiger partial charge < -0.3 is 4.74 Å². The molecule has 0 aromatic rings. The van der Waals surface area contributed by atoms with Crippen LogP contribution in [0.2, 0.25) is 0 Å². The Morgan fingerprint density at radius 3 is 2.50 bits per heavy atom. The number of carbonyl (C=O) groups excluding carboxylic acids is 1. The summed E-state index contributed by atoms with van der Waals surface area (Å²) in [5.74, 6) is 0.334. The molecule has 0 aliphatic rings. The van der Waals surface area contributed by atoms with Gasteiger partial charge in [-0.15, -0.1) is 0 Å². The molecule has 0 saturated heterocycles. The molecule has 0 N–H and O–H groups in total. The van der Waals surface area contributed by atoms with Crippen LogP contribution in [-0.4, -0.2) is 13.1 Å². The number of esters is 1. The molecular formula is C16H26O2. The second kappa shape index (κ2) is 9.69. The van der Waals surface area contributed by atoms with E-state index in [4.69, 9.17) is 0 Å². The first kappa shape index (κ1) is 16.7. The van der Waals surface area contributed by atoms with Gasteiger partial charge in [0, 0.05) is 6.08 Å². The molecule has 0 aromatic carbocycles. The normalized spacial score (nSPS) is 14.9. The average Bonchev–Trinajstić information content (AvgIpc) is 2.35. The van der Waals surface area contributed by atoms with Crippen molar-refractivity contribution in [2.24, 2.45) is 5.92 Å². The summed E-state index contributed by atoms with van der Waals surface area (Å²) in [7, 11) is 1.39. The third kappa shape index (κ3) is 8.80. The summed E-state index contributed by atoms with van der Waals surface area (Å²) < 4.78 is 4.57. The molecule has 0 bridgehead atoms. The quantitative estimate of drug-likeness (QED) is 0.289. The van der Waals surface area contributed by atoms with Crippen LogP contribution in [0.15, 0.2) is 35.5 Å². The smallest absolute Gasteiger partial charge is 0.330 e. The minimum atomic E-state index is -0.299. The zero-order valence-electron chi connectivity index (χ0n) is 12.3. The minimum absolute atomic E-state index is 0.299. The summed E-state index contributed by atoms with van der Waals surface area (Å²) in [6.07, 6.45) is 11.2. The molecule has 0 aliphatic heterocycles. The predicted octanol–water partition coefficient (Wildman–Crippen LogP) is 4.43. The van der Waals surface area contributed by atoms with E-state index in [0.29, 0.717) is 5.92 Å². The first-order valence-corrected chi connectivity index (χ1v) is 6.58. The van der Waals surface area contributed by atoms with Crippen LogP contribution in [0.4, 0.5) is 0 Å². The van der Waals surface area contributed by atoms with Gasteiger partial charge in [-0.2, -0.15) is 0 Å². The highest BCUT2D eigenvalue weighted by Gasteiger charge is 1.98. The summed E-state index contributed by atoms with van der Waals surface area (Å²) in [4.78, 5) is 11.0. The molecule has 1 unspecified atom stereocenters. The largest absolute Gasteiger partial charge is 0.466 e. The summed E-state index contributed by atoms with van der Waals surface area (Å²) in [6, 6.07) is 0.